The minimum absolute atomic E-state index is 0.199. The molecule has 376 valence electrons. The van der Waals surface area contributed by atoms with Crippen LogP contribution in [0.3, 0.4) is 0 Å². The quantitative estimate of drug-likeness (QED) is 0.145. The minimum Gasteiger partial charge on any atom is -0.281 e. The fourth-order valence-electron chi connectivity index (χ4n) is 12.1. The Morgan fingerprint density at radius 3 is 1.71 bits per heavy atom. The van der Waals surface area contributed by atoms with Gasteiger partial charge in [-0.15, -0.1) is 0 Å². The zero-order chi connectivity index (χ0) is 52.9. The zero-order valence-electron chi connectivity index (χ0n) is 44.3. The topological polar surface area (TPSA) is 43.6 Å². The van der Waals surface area contributed by atoms with Crippen LogP contribution >= 0.6 is 0 Å². The number of hydrogen-bond acceptors (Lipinski definition) is 3. The van der Waals surface area contributed by atoms with E-state index in [0.717, 1.165) is 63.0 Å². The number of rotatable bonds is 9. The van der Waals surface area contributed by atoms with Gasteiger partial charge in [0.05, 0.1) is 5.52 Å². The summed E-state index contributed by atoms with van der Waals surface area (Å²) in [7, 11) is 0. The van der Waals surface area contributed by atoms with Crippen molar-refractivity contribution in [2.75, 3.05) is 0 Å². The second-order valence-corrected chi connectivity index (χ2v) is 21.4. The molecular formula is C75H56N4. The number of aromatic nitrogens is 4. The van der Waals surface area contributed by atoms with Crippen LogP contribution in [0, 0.1) is 0 Å². The summed E-state index contributed by atoms with van der Waals surface area (Å²) in [5.41, 5.74) is 24.3. The molecule has 0 saturated carbocycles. The highest BCUT2D eigenvalue weighted by atomic mass is 15.2. The van der Waals surface area contributed by atoms with E-state index in [9.17, 15) is 0 Å². The molecule has 0 radical (unpaired) electrons. The molecule has 4 aliphatic carbocycles. The molecule has 0 unspecified atom stereocenters. The van der Waals surface area contributed by atoms with Gasteiger partial charge in [0, 0.05) is 39.6 Å². The van der Waals surface area contributed by atoms with E-state index in [1.807, 2.05) is 0 Å². The summed E-state index contributed by atoms with van der Waals surface area (Å²) in [5, 5.41) is 1.18. The van der Waals surface area contributed by atoms with Crippen LogP contribution in [0.25, 0.3) is 101 Å². The molecule has 0 aliphatic heterocycles. The van der Waals surface area contributed by atoms with E-state index in [1.165, 1.54) is 72.2 Å². The fourth-order valence-corrected chi connectivity index (χ4v) is 12.1. The average Bonchev–Trinajstić information content (AvgIpc) is 3.25. The number of nitrogens with zero attached hydrogens (tertiary/aromatic N) is 4. The van der Waals surface area contributed by atoms with Crippen LogP contribution in [0.1, 0.15) is 60.2 Å². The van der Waals surface area contributed by atoms with Crippen LogP contribution in [-0.2, 0) is 11.8 Å². The summed E-state index contributed by atoms with van der Waals surface area (Å²) in [4.78, 5) is 16.6. The van der Waals surface area contributed by atoms with Gasteiger partial charge >= 0.3 is 0 Å². The minimum atomic E-state index is -0.199. The van der Waals surface area contributed by atoms with Crippen molar-refractivity contribution in [2.24, 2.45) is 0 Å². The van der Waals surface area contributed by atoms with Gasteiger partial charge in [-0.1, -0.05) is 232 Å². The molecule has 0 N–H and O–H groups in total. The summed E-state index contributed by atoms with van der Waals surface area (Å²) >= 11 is 0. The van der Waals surface area contributed by atoms with E-state index in [4.69, 9.17) is 15.0 Å². The first kappa shape index (κ1) is 47.7. The predicted molar refractivity (Wildman–Crippen MR) is 329 cm³/mol. The van der Waals surface area contributed by atoms with Crippen molar-refractivity contribution in [3.05, 3.63) is 306 Å². The van der Waals surface area contributed by atoms with Gasteiger partial charge in [-0.25, -0.2) is 4.98 Å². The SMILES string of the molecule is CC1(C)c2ccccc2-c2cc3c4c(n(-c5nc(-c6cccc(C7=CC(c8ccccc8)=CC(C8=CCC=CC=C8)=CC7)c6)nc(-c6cccc(-c7cc(-c8ccccc8)cc(-c8ccccc8)c7)c6)n5)c3cc21)CC=CC=C4. The third-order valence-corrected chi connectivity index (χ3v) is 16.2. The average molecular weight is 1010 g/mol. The van der Waals surface area contributed by atoms with Gasteiger partial charge in [0.1, 0.15) is 0 Å². The molecule has 10 aromatic rings. The molecule has 0 amide bonds. The number of fused-ring (bicyclic) bond motifs is 6. The fraction of sp³-hybridized carbons (Fsp3) is 0.0800. The molecule has 4 heteroatoms. The summed E-state index contributed by atoms with van der Waals surface area (Å²) in [6.07, 6.45) is 29.3. The van der Waals surface area contributed by atoms with E-state index >= 15 is 0 Å². The van der Waals surface area contributed by atoms with Crippen LogP contribution < -0.4 is 0 Å². The van der Waals surface area contributed by atoms with E-state index in [-0.39, 0.29) is 5.41 Å². The maximum Gasteiger partial charge on any atom is 0.238 e. The summed E-state index contributed by atoms with van der Waals surface area (Å²) in [6.45, 7) is 4.70. The van der Waals surface area contributed by atoms with Crippen LogP contribution in [0.2, 0.25) is 0 Å². The lowest BCUT2D eigenvalue weighted by Crippen LogP contribution is -2.15. The van der Waals surface area contributed by atoms with Crippen molar-refractivity contribution in [1.82, 2.24) is 19.5 Å². The normalized spacial score (nSPS) is 15.0. The monoisotopic (exact) mass is 1010 g/mol. The standard InChI is InChI=1S/C75H56N4/c1-75(2)68-37-20-19-35-64(68)66-48-67-65-36-17-8-18-38-70(65)79(71(67)49-69(66)75)74-77-72(58-33-21-31-54(41-58)57-40-39-56(50-23-9-3-4-10-24-50)43-60(44-57)51-25-11-5-12-26-51)76-73(78-74)59-34-22-32-55(42-59)63-46-61(52-27-13-6-14-28-52)45-62(47-63)53-29-15-7-16-30-53/h3-9,11-37,39,41-49H,10,38,40H2,1-2H3. The first-order chi connectivity index (χ1) is 38.9. The van der Waals surface area contributed by atoms with E-state index in [0.29, 0.717) is 24.0 Å². The highest BCUT2D eigenvalue weighted by Crippen LogP contribution is 2.51. The molecule has 8 aromatic carbocycles. The summed E-state index contributed by atoms with van der Waals surface area (Å²) < 4.78 is 2.32. The molecule has 2 aromatic heterocycles. The summed E-state index contributed by atoms with van der Waals surface area (Å²) in [5.74, 6) is 1.80. The van der Waals surface area contributed by atoms with Gasteiger partial charge in [0.15, 0.2) is 11.6 Å². The molecular weight excluding hydrogens is 957 g/mol. The Balaban J connectivity index is 0.955. The van der Waals surface area contributed by atoms with Crippen LogP contribution in [0.5, 0.6) is 0 Å². The van der Waals surface area contributed by atoms with Crippen molar-refractivity contribution in [3.8, 4) is 73.2 Å². The summed E-state index contributed by atoms with van der Waals surface area (Å²) in [6, 6.07) is 70.2. The van der Waals surface area contributed by atoms with Crippen LogP contribution in [0.15, 0.2) is 272 Å². The molecule has 4 nitrogen and oxygen atoms in total. The Morgan fingerprint density at radius 2 is 0.987 bits per heavy atom. The highest BCUT2D eigenvalue weighted by molar-refractivity contribution is 5.99. The van der Waals surface area contributed by atoms with Gasteiger partial charge in [0.2, 0.25) is 5.95 Å². The Kier molecular flexibility index (Phi) is 12.1. The molecule has 4 aliphatic rings. The van der Waals surface area contributed by atoms with Crippen molar-refractivity contribution in [3.63, 3.8) is 0 Å². The Bertz CT molecular complexity index is 4270. The third-order valence-electron chi connectivity index (χ3n) is 16.2. The van der Waals surface area contributed by atoms with Crippen molar-refractivity contribution < 1.29 is 0 Å². The lowest BCUT2D eigenvalue weighted by atomic mass is 9.82. The van der Waals surface area contributed by atoms with Crippen LogP contribution in [-0.4, -0.2) is 19.5 Å². The van der Waals surface area contributed by atoms with Gasteiger partial charge in [0.25, 0.3) is 0 Å². The van der Waals surface area contributed by atoms with Gasteiger partial charge in [-0.3, -0.25) is 4.57 Å². The largest absolute Gasteiger partial charge is 0.281 e. The highest BCUT2D eigenvalue weighted by Gasteiger charge is 2.37. The number of hydrogen-bond donors (Lipinski definition) is 0. The van der Waals surface area contributed by atoms with E-state index < -0.39 is 0 Å². The van der Waals surface area contributed by atoms with E-state index in [2.05, 4.69) is 285 Å². The van der Waals surface area contributed by atoms with Crippen molar-refractivity contribution >= 4 is 28.1 Å². The van der Waals surface area contributed by atoms with Crippen LogP contribution in [0.4, 0.5) is 0 Å². The molecule has 14 rings (SSSR count). The zero-order valence-corrected chi connectivity index (χ0v) is 44.3. The second kappa shape index (κ2) is 20.0. The van der Waals surface area contributed by atoms with Crippen molar-refractivity contribution in [2.45, 2.75) is 38.5 Å². The molecule has 0 bridgehead atoms. The number of benzene rings is 8. The first-order valence-electron chi connectivity index (χ1n) is 27.5. The second-order valence-electron chi connectivity index (χ2n) is 21.4. The maximum atomic E-state index is 5.58. The maximum absolute atomic E-state index is 5.58. The molecule has 2 heterocycles. The third kappa shape index (κ3) is 8.91. The molecule has 0 fully saturated rings. The molecule has 79 heavy (non-hydrogen) atoms. The Labute approximate surface area is 462 Å². The first-order valence-corrected chi connectivity index (χ1v) is 27.5. The Morgan fingerprint density at radius 1 is 0.405 bits per heavy atom. The Hall–Kier alpha value is -9.77. The molecule has 0 saturated heterocycles. The van der Waals surface area contributed by atoms with Gasteiger partial charge < -0.3 is 0 Å². The van der Waals surface area contributed by atoms with Gasteiger partial charge in [-0.2, -0.15) is 9.97 Å². The molecule has 0 spiro atoms. The predicted octanol–water partition coefficient (Wildman–Crippen LogP) is 18.8. The van der Waals surface area contributed by atoms with Gasteiger partial charge in [-0.05, 0) is 150 Å². The lowest BCUT2D eigenvalue weighted by molar-refractivity contribution is 0.661. The van der Waals surface area contributed by atoms with Crippen molar-refractivity contribution in [1.29, 1.82) is 0 Å². The molecule has 0 atom stereocenters. The smallest absolute Gasteiger partial charge is 0.238 e. The lowest BCUT2D eigenvalue weighted by Gasteiger charge is -2.21. The van der Waals surface area contributed by atoms with E-state index in [1.54, 1.807) is 0 Å². The number of allylic oxidation sites excluding steroid dienone is 15.